The molecule has 4 rings (SSSR count). The zero-order valence-electron chi connectivity index (χ0n) is 21.8. The maximum Gasteiger partial charge on any atom is 0.338 e. The molecule has 0 aliphatic heterocycles. The molecular weight excluding hydrogens is 444 g/mol. The lowest BCUT2D eigenvalue weighted by Gasteiger charge is -2.36. The molecule has 0 saturated carbocycles. The van der Waals surface area contributed by atoms with Crippen LogP contribution in [-0.4, -0.2) is 20.7 Å². The van der Waals surface area contributed by atoms with E-state index < -0.39 is 8.07 Å². The van der Waals surface area contributed by atoms with Crippen molar-refractivity contribution in [2.75, 3.05) is 6.61 Å². The third-order valence-corrected chi connectivity index (χ3v) is 8.84. The number of hydrogen-bond acceptors (Lipinski definition) is 2. The number of esters is 1. The Kier molecular flexibility index (Phi) is 7.00. The van der Waals surface area contributed by atoms with Crippen molar-refractivity contribution in [3.8, 4) is 0 Å². The molecular formula is C32H36O2Si-. The Balaban J connectivity index is 1.80. The molecule has 0 atom stereocenters. The highest BCUT2D eigenvalue weighted by molar-refractivity contribution is 6.94. The van der Waals surface area contributed by atoms with E-state index in [2.05, 4.69) is 94.2 Å². The minimum atomic E-state index is -1.69. The first-order chi connectivity index (χ1) is 16.6. The zero-order valence-corrected chi connectivity index (χ0v) is 22.8. The van der Waals surface area contributed by atoms with Crippen LogP contribution in [0.1, 0.15) is 65.4 Å². The normalized spacial score (nSPS) is 15.3. The third-order valence-electron chi connectivity index (χ3n) is 6.79. The van der Waals surface area contributed by atoms with Gasteiger partial charge in [0.25, 0.3) is 0 Å². The van der Waals surface area contributed by atoms with Gasteiger partial charge in [-0.2, -0.15) is 24.8 Å². The second-order valence-corrected chi connectivity index (χ2v) is 16.0. The van der Waals surface area contributed by atoms with Crippen LogP contribution >= 0.6 is 0 Å². The molecule has 0 saturated heterocycles. The Hall–Kier alpha value is -3.17. The van der Waals surface area contributed by atoms with Crippen molar-refractivity contribution >= 4 is 30.9 Å². The van der Waals surface area contributed by atoms with Gasteiger partial charge in [-0.15, -0.1) is 8.07 Å². The summed E-state index contributed by atoms with van der Waals surface area (Å²) in [5.74, 6) is -0.272. The van der Waals surface area contributed by atoms with E-state index in [9.17, 15) is 4.79 Å². The van der Waals surface area contributed by atoms with Crippen molar-refractivity contribution in [2.24, 2.45) is 0 Å². The number of fused-ring (bicyclic) bond motifs is 1. The van der Waals surface area contributed by atoms with Crippen LogP contribution in [0.25, 0.3) is 16.8 Å². The summed E-state index contributed by atoms with van der Waals surface area (Å²) in [5, 5.41) is 1.40. The van der Waals surface area contributed by atoms with Crippen LogP contribution in [0.15, 0.2) is 78.9 Å². The summed E-state index contributed by atoms with van der Waals surface area (Å²) in [5.41, 5.74) is 8.45. The molecule has 0 radical (unpaired) electrons. The minimum absolute atomic E-state index is 0.109. The molecule has 3 aromatic rings. The molecule has 0 bridgehead atoms. The van der Waals surface area contributed by atoms with Gasteiger partial charge in [-0.3, -0.25) is 0 Å². The van der Waals surface area contributed by atoms with Crippen LogP contribution in [0.5, 0.6) is 0 Å². The highest BCUT2D eigenvalue weighted by Crippen LogP contribution is 2.43. The summed E-state index contributed by atoms with van der Waals surface area (Å²) in [4.78, 5) is 12.1. The number of benzene rings is 3. The molecule has 181 valence electrons. The fraction of sp³-hybridized carbons (Fsp3) is 0.281. The van der Waals surface area contributed by atoms with Crippen LogP contribution < -0.4 is 0 Å². The van der Waals surface area contributed by atoms with Crippen LogP contribution in [0.4, 0.5) is 0 Å². The largest absolute Gasteiger partial charge is 0.462 e. The van der Waals surface area contributed by atoms with Gasteiger partial charge in [-0.05, 0) is 64.8 Å². The summed E-state index contributed by atoms with van der Waals surface area (Å²) >= 11 is 0. The van der Waals surface area contributed by atoms with Gasteiger partial charge in [-0.25, -0.2) is 4.79 Å². The van der Waals surface area contributed by atoms with E-state index in [-0.39, 0.29) is 11.4 Å². The van der Waals surface area contributed by atoms with Crippen LogP contribution in [0.2, 0.25) is 19.6 Å². The molecule has 0 amide bonds. The van der Waals surface area contributed by atoms with Crippen molar-refractivity contribution in [3.05, 3.63) is 112 Å². The van der Waals surface area contributed by atoms with Crippen molar-refractivity contribution in [1.29, 1.82) is 0 Å². The highest BCUT2D eigenvalue weighted by Gasteiger charge is 2.29. The molecule has 0 aromatic heterocycles. The number of rotatable bonds is 6. The molecule has 0 N–H and O–H groups in total. The van der Waals surface area contributed by atoms with E-state index >= 15 is 0 Å². The van der Waals surface area contributed by atoms with Gasteiger partial charge < -0.3 is 4.74 Å². The SMILES string of the molecule is CCOC(=O)c1ccc(/C=C(/c2ccc3c(c2)C(c2ccccc2)=CCC3(C)C)[Si-](C)(C)C)cc1. The average Bonchev–Trinajstić information content (AvgIpc) is 2.82. The number of ether oxygens (including phenoxy) is 1. The standard InChI is InChI=1S/C32H36O2Si/c1-7-34-31(33)25-15-13-23(14-16-25)21-30(35(4,5)6)26-17-18-29-28(22-26)27(19-20-32(29,2)3)24-11-9-8-10-12-24/h8-19,21-22H,7,20H2,1-6H3/q-1/b30-21-. The van der Waals surface area contributed by atoms with Gasteiger partial charge in [0.15, 0.2) is 0 Å². The Bertz CT molecular complexity index is 1270. The second kappa shape index (κ2) is 9.83. The van der Waals surface area contributed by atoms with E-state index in [0.717, 1.165) is 12.0 Å². The molecule has 1 aliphatic rings. The average molecular weight is 481 g/mol. The van der Waals surface area contributed by atoms with E-state index in [0.29, 0.717) is 12.2 Å². The number of allylic oxidation sites excluding steroid dienone is 1. The van der Waals surface area contributed by atoms with Gasteiger partial charge in [0.2, 0.25) is 0 Å². The Morgan fingerprint density at radius 2 is 1.60 bits per heavy atom. The number of carbonyl (C=O) groups is 1. The first-order valence-corrected chi connectivity index (χ1v) is 16.0. The monoisotopic (exact) mass is 480 g/mol. The van der Waals surface area contributed by atoms with Crippen molar-refractivity contribution in [2.45, 2.75) is 52.2 Å². The smallest absolute Gasteiger partial charge is 0.338 e. The summed E-state index contributed by atoms with van der Waals surface area (Å²) in [6.45, 7) is 14.1. The molecule has 0 fully saturated rings. The van der Waals surface area contributed by atoms with E-state index in [4.69, 9.17) is 4.74 Å². The molecule has 3 aromatic carbocycles. The topological polar surface area (TPSA) is 26.3 Å². The van der Waals surface area contributed by atoms with Crippen molar-refractivity contribution < 1.29 is 9.53 Å². The third kappa shape index (κ3) is 5.41. The second-order valence-electron chi connectivity index (χ2n) is 11.0. The quantitative estimate of drug-likeness (QED) is 0.201. The van der Waals surface area contributed by atoms with Crippen LogP contribution in [0.3, 0.4) is 0 Å². The van der Waals surface area contributed by atoms with E-state index in [1.54, 1.807) is 0 Å². The molecule has 0 heterocycles. The fourth-order valence-corrected chi connectivity index (χ4v) is 6.44. The van der Waals surface area contributed by atoms with E-state index in [1.165, 1.54) is 33.0 Å². The van der Waals surface area contributed by atoms with Gasteiger partial charge in [0.05, 0.1) is 12.2 Å². The maximum absolute atomic E-state index is 12.1. The first-order valence-electron chi connectivity index (χ1n) is 12.5. The highest BCUT2D eigenvalue weighted by atomic mass is 28.3. The van der Waals surface area contributed by atoms with Crippen molar-refractivity contribution in [1.82, 2.24) is 0 Å². The maximum atomic E-state index is 12.1. The Morgan fingerprint density at radius 1 is 0.943 bits per heavy atom. The fourth-order valence-electron chi connectivity index (χ4n) is 4.82. The van der Waals surface area contributed by atoms with Crippen LogP contribution in [-0.2, 0) is 10.2 Å². The van der Waals surface area contributed by atoms with Crippen molar-refractivity contribution in [3.63, 3.8) is 0 Å². The lowest BCUT2D eigenvalue weighted by molar-refractivity contribution is 0.0526. The lowest BCUT2D eigenvalue weighted by Crippen LogP contribution is -2.25. The van der Waals surface area contributed by atoms with Gasteiger partial charge in [0, 0.05) is 0 Å². The zero-order chi connectivity index (χ0) is 25.2. The molecule has 2 nitrogen and oxygen atoms in total. The first kappa shape index (κ1) is 24.9. The minimum Gasteiger partial charge on any atom is -0.462 e. The molecule has 3 heteroatoms. The summed E-state index contributed by atoms with van der Waals surface area (Å²) in [7, 11) is -1.69. The Labute approximate surface area is 211 Å². The summed E-state index contributed by atoms with van der Waals surface area (Å²) in [6, 6.07) is 25.5. The molecule has 0 spiro atoms. The van der Waals surface area contributed by atoms with Crippen LogP contribution in [0, 0.1) is 0 Å². The predicted octanol–water partition coefficient (Wildman–Crippen LogP) is 8.39. The molecule has 35 heavy (non-hydrogen) atoms. The lowest BCUT2D eigenvalue weighted by atomic mass is 9.72. The Morgan fingerprint density at radius 3 is 2.23 bits per heavy atom. The predicted molar refractivity (Wildman–Crippen MR) is 151 cm³/mol. The van der Waals surface area contributed by atoms with Gasteiger partial charge in [-0.1, -0.05) is 86.2 Å². The molecule has 1 aliphatic carbocycles. The summed E-state index contributed by atoms with van der Waals surface area (Å²) < 4.78 is 5.14. The van der Waals surface area contributed by atoms with E-state index in [1.807, 2.05) is 31.2 Å². The van der Waals surface area contributed by atoms with Gasteiger partial charge in [0.1, 0.15) is 0 Å². The number of carbonyl (C=O) groups excluding carboxylic acids is 1. The molecule has 0 unspecified atom stereocenters. The van der Waals surface area contributed by atoms with Gasteiger partial charge >= 0.3 is 5.97 Å². The number of hydrogen-bond donors (Lipinski definition) is 0. The summed E-state index contributed by atoms with van der Waals surface area (Å²) in [6.07, 6.45) is 5.75.